The molecule has 1 aliphatic rings. The Morgan fingerprint density at radius 1 is 1.38 bits per heavy atom. The highest BCUT2D eigenvalue weighted by atomic mass is 19.3. The maximum absolute atomic E-state index is 13.5. The van der Waals surface area contributed by atoms with Crippen LogP contribution in [0.1, 0.15) is 29.8 Å². The van der Waals surface area contributed by atoms with Gasteiger partial charge in [0.15, 0.2) is 5.65 Å². The van der Waals surface area contributed by atoms with E-state index in [1.165, 1.54) is 16.8 Å². The highest BCUT2D eigenvalue weighted by molar-refractivity contribution is 6.02. The molecule has 0 unspecified atom stereocenters. The highest BCUT2D eigenvalue weighted by Crippen LogP contribution is 2.28. The van der Waals surface area contributed by atoms with Gasteiger partial charge in [-0.2, -0.15) is 5.10 Å². The second-order valence-corrected chi connectivity index (χ2v) is 4.77. The number of fused-ring (bicyclic) bond motifs is 1. The molecule has 3 rings (SSSR count). The average molecular weight is 292 g/mol. The lowest BCUT2D eigenvalue weighted by Crippen LogP contribution is -2.05. The minimum atomic E-state index is -2.70. The van der Waals surface area contributed by atoms with Crippen LogP contribution in [-0.4, -0.2) is 20.3 Å². The summed E-state index contributed by atoms with van der Waals surface area (Å²) in [5.41, 5.74) is 0.912. The van der Waals surface area contributed by atoms with Gasteiger partial charge in [0.1, 0.15) is 5.83 Å². The van der Waals surface area contributed by atoms with Crippen LogP contribution in [0.3, 0.4) is 0 Å². The molecule has 108 valence electrons. The predicted octanol–water partition coefficient (Wildman–Crippen LogP) is 3.64. The first-order valence-corrected chi connectivity index (χ1v) is 6.26. The molecule has 2 heterocycles. The number of imidazole rings is 1. The van der Waals surface area contributed by atoms with Crippen molar-refractivity contribution in [1.29, 1.82) is 5.41 Å². The van der Waals surface area contributed by atoms with Gasteiger partial charge in [0.2, 0.25) is 0 Å². The normalized spacial score (nSPS) is 15.6. The van der Waals surface area contributed by atoms with Crippen molar-refractivity contribution in [1.82, 2.24) is 14.6 Å². The second kappa shape index (κ2) is 4.83. The van der Waals surface area contributed by atoms with E-state index in [0.29, 0.717) is 11.3 Å². The van der Waals surface area contributed by atoms with Gasteiger partial charge >= 0.3 is 0 Å². The molecule has 7 heteroatoms. The molecule has 0 atom stereocenters. The molecule has 0 amide bonds. The second-order valence-electron chi connectivity index (χ2n) is 4.77. The van der Waals surface area contributed by atoms with Crippen LogP contribution in [0.5, 0.6) is 0 Å². The van der Waals surface area contributed by atoms with E-state index in [1.807, 2.05) is 0 Å². The topological polar surface area (TPSA) is 54.0 Å². The molecule has 2 aromatic rings. The molecule has 0 saturated carbocycles. The van der Waals surface area contributed by atoms with Crippen molar-refractivity contribution in [2.24, 2.45) is 0 Å². The van der Waals surface area contributed by atoms with Crippen LogP contribution >= 0.6 is 0 Å². The Hall–Kier alpha value is -2.44. The maximum atomic E-state index is 13.5. The van der Waals surface area contributed by atoms with Gasteiger partial charge in [-0.3, -0.25) is 0 Å². The van der Waals surface area contributed by atoms with E-state index in [0.717, 1.165) is 6.08 Å². The van der Waals surface area contributed by atoms with E-state index in [2.05, 4.69) is 10.1 Å². The van der Waals surface area contributed by atoms with Gasteiger partial charge in [0.05, 0.1) is 28.9 Å². The molecule has 4 nitrogen and oxygen atoms in total. The molecule has 1 aliphatic carbocycles. The molecular formula is C14H11F3N4. The number of aromatic nitrogens is 3. The molecule has 0 saturated heterocycles. The molecule has 21 heavy (non-hydrogen) atoms. The largest absolute Gasteiger partial charge is 0.302 e. The predicted molar refractivity (Wildman–Crippen MR) is 72.2 cm³/mol. The van der Waals surface area contributed by atoms with Gasteiger partial charge in [0, 0.05) is 12.0 Å². The molecular weight excluding hydrogens is 281 g/mol. The first-order valence-electron chi connectivity index (χ1n) is 6.26. The summed E-state index contributed by atoms with van der Waals surface area (Å²) in [7, 11) is 0. The molecule has 0 bridgehead atoms. The number of halogens is 3. The third-order valence-corrected chi connectivity index (χ3v) is 3.20. The molecule has 0 aromatic carbocycles. The molecule has 0 spiro atoms. The standard InChI is InChI=1S/C14H11F3N4/c1-7-6-21-14(19-7)9(13(16)17)5-12(20-21)8-2-3-11(18)10(15)4-8/h2,4-6,13,18H,3H2,1H3. The Kier molecular flexibility index (Phi) is 3.12. The number of nitrogens with zero attached hydrogens (tertiary/aromatic N) is 3. The van der Waals surface area contributed by atoms with Gasteiger partial charge in [-0.15, -0.1) is 0 Å². The lowest BCUT2D eigenvalue weighted by atomic mass is 10.0. The van der Waals surface area contributed by atoms with Crippen LogP contribution in [-0.2, 0) is 0 Å². The van der Waals surface area contributed by atoms with Crippen LogP contribution in [0.15, 0.2) is 30.2 Å². The van der Waals surface area contributed by atoms with Crippen molar-refractivity contribution in [3.63, 3.8) is 0 Å². The zero-order chi connectivity index (χ0) is 15.1. The van der Waals surface area contributed by atoms with Crippen molar-refractivity contribution >= 4 is 16.9 Å². The van der Waals surface area contributed by atoms with E-state index >= 15 is 0 Å². The van der Waals surface area contributed by atoms with Gasteiger partial charge in [-0.25, -0.2) is 22.7 Å². The number of rotatable bonds is 2. The van der Waals surface area contributed by atoms with Crippen LogP contribution in [0, 0.1) is 12.3 Å². The SMILES string of the molecule is Cc1cn2nc(C3=CCC(=N)C(F)=C3)cc(C(F)F)c2n1. The lowest BCUT2D eigenvalue weighted by molar-refractivity contribution is 0.152. The van der Waals surface area contributed by atoms with Crippen LogP contribution in [0.25, 0.3) is 11.2 Å². The van der Waals surface area contributed by atoms with Crippen molar-refractivity contribution in [3.05, 3.63) is 47.2 Å². The van der Waals surface area contributed by atoms with Crippen molar-refractivity contribution < 1.29 is 13.2 Å². The van der Waals surface area contributed by atoms with Crippen LogP contribution in [0.2, 0.25) is 0 Å². The summed E-state index contributed by atoms with van der Waals surface area (Å²) in [5.74, 6) is -0.671. The Bertz CT molecular complexity index is 802. The first-order chi connectivity index (χ1) is 9.95. The minimum Gasteiger partial charge on any atom is -0.302 e. The summed E-state index contributed by atoms with van der Waals surface area (Å²) < 4.78 is 41.1. The minimum absolute atomic E-state index is 0.0971. The Morgan fingerprint density at radius 3 is 2.81 bits per heavy atom. The maximum Gasteiger partial charge on any atom is 0.267 e. The highest BCUT2D eigenvalue weighted by Gasteiger charge is 2.19. The van der Waals surface area contributed by atoms with E-state index in [9.17, 15) is 13.2 Å². The fraction of sp³-hybridized carbons (Fsp3) is 0.214. The number of aryl methyl sites for hydroxylation is 1. The number of alkyl halides is 2. The lowest BCUT2D eigenvalue weighted by Gasteiger charge is -2.11. The first kappa shape index (κ1) is 13.5. The zero-order valence-electron chi connectivity index (χ0n) is 11.1. The van der Waals surface area contributed by atoms with E-state index in [4.69, 9.17) is 5.41 Å². The summed E-state index contributed by atoms with van der Waals surface area (Å²) >= 11 is 0. The fourth-order valence-corrected chi connectivity index (χ4v) is 2.19. The molecule has 2 aromatic heterocycles. The third kappa shape index (κ3) is 2.35. The summed E-state index contributed by atoms with van der Waals surface area (Å²) in [5, 5.41) is 11.5. The Balaban J connectivity index is 2.18. The fourth-order valence-electron chi connectivity index (χ4n) is 2.19. The summed E-state index contributed by atoms with van der Waals surface area (Å²) in [6.45, 7) is 1.68. The van der Waals surface area contributed by atoms with Gasteiger partial charge in [0.25, 0.3) is 6.43 Å². The van der Waals surface area contributed by atoms with Crippen molar-refractivity contribution in [3.8, 4) is 0 Å². The van der Waals surface area contributed by atoms with Crippen LogP contribution < -0.4 is 0 Å². The van der Waals surface area contributed by atoms with Gasteiger partial charge < -0.3 is 5.41 Å². The monoisotopic (exact) mass is 292 g/mol. The number of hydrogen-bond donors (Lipinski definition) is 1. The van der Waals surface area contributed by atoms with Gasteiger partial charge in [-0.1, -0.05) is 6.08 Å². The molecule has 0 fully saturated rings. The van der Waals surface area contributed by atoms with Crippen molar-refractivity contribution in [2.45, 2.75) is 19.8 Å². The average Bonchev–Trinajstić information content (AvgIpc) is 2.80. The quantitative estimate of drug-likeness (QED) is 0.918. The summed E-state index contributed by atoms with van der Waals surface area (Å²) in [6.07, 6.45) is 1.69. The van der Waals surface area contributed by atoms with Crippen molar-refractivity contribution in [2.75, 3.05) is 0 Å². The van der Waals surface area contributed by atoms with Crippen LogP contribution in [0.4, 0.5) is 13.2 Å². The molecule has 0 aliphatic heterocycles. The van der Waals surface area contributed by atoms with E-state index in [-0.39, 0.29) is 29.0 Å². The number of nitrogens with one attached hydrogen (secondary N) is 1. The third-order valence-electron chi connectivity index (χ3n) is 3.20. The zero-order valence-corrected chi connectivity index (χ0v) is 11.1. The summed E-state index contributed by atoms with van der Waals surface area (Å²) in [4.78, 5) is 4.03. The van der Waals surface area contributed by atoms with Gasteiger partial charge in [-0.05, 0) is 19.1 Å². The van der Waals surface area contributed by atoms with E-state index < -0.39 is 12.3 Å². The summed E-state index contributed by atoms with van der Waals surface area (Å²) in [6, 6.07) is 1.22. The molecule has 0 radical (unpaired) electrons. The smallest absolute Gasteiger partial charge is 0.267 e. The Morgan fingerprint density at radius 2 is 2.14 bits per heavy atom. The van der Waals surface area contributed by atoms with E-state index in [1.54, 1.807) is 13.0 Å². The number of hydrogen-bond acceptors (Lipinski definition) is 3. The molecule has 1 N–H and O–H groups in total. The Labute approximate surface area is 118 Å². The number of allylic oxidation sites excluding steroid dienone is 4.